The number of amides is 4. The van der Waals surface area contributed by atoms with E-state index in [-0.39, 0.29) is 61.5 Å². The number of hydrogen-bond acceptors (Lipinski definition) is 10. The molecule has 0 spiro atoms. The molecule has 4 aromatic rings. The van der Waals surface area contributed by atoms with Crippen LogP contribution < -0.4 is 26.7 Å². The van der Waals surface area contributed by atoms with Gasteiger partial charge >= 0.3 is 0 Å². The van der Waals surface area contributed by atoms with Crippen molar-refractivity contribution in [1.29, 1.82) is 0 Å². The van der Waals surface area contributed by atoms with E-state index < -0.39 is 52.6 Å². The highest BCUT2D eigenvalue weighted by molar-refractivity contribution is 14.1. The van der Waals surface area contributed by atoms with Crippen LogP contribution in [0.5, 0.6) is 0 Å². The summed E-state index contributed by atoms with van der Waals surface area (Å²) in [5, 5.41) is 22.2. The molecule has 3 atom stereocenters. The molecule has 0 radical (unpaired) electrons. The monoisotopic (exact) mass is 1050 g/mol. The molecule has 66 heavy (non-hydrogen) atoms. The first-order valence-electron chi connectivity index (χ1n) is 22.4. The van der Waals surface area contributed by atoms with Crippen molar-refractivity contribution in [2.45, 2.75) is 117 Å². The molecule has 1 saturated heterocycles. The van der Waals surface area contributed by atoms with Crippen LogP contribution in [-0.2, 0) is 25.8 Å². The lowest BCUT2D eigenvalue weighted by Gasteiger charge is -2.35. The lowest BCUT2D eigenvalue weighted by molar-refractivity contribution is -0.144. The van der Waals surface area contributed by atoms with E-state index in [0.29, 0.717) is 23.0 Å². The van der Waals surface area contributed by atoms with Crippen molar-refractivity contribution < 1.29 is 42.3 Å². The number of anilines is 2. The van der Waals surface area contributed by atoms with E-state index in [1.165, 1.54) is 17.0 Å². The molecular formula is C48H61F3IN7O6S. The van der Waals surface area contributed by atoms with Crippen molar-refractivity contribution in [2.75, 3.05) is 31.6 Å². The second kappa shape index (κ2) is 25.5. The number of halogens is 4. The first-order valence-corrected chi connectivity index (χ1v) is 24.4. The number of likely N-dealkylation sites (tertiary alicyclic amines) is 1. The van der Waals surface area contributed by atoms with E-state index in [9.17, 15) is 37.5 Å². The molecule has 18 heteroatoms. The predicted molar refractivity (Wildman–Crippen MR) is 258 cm³/mol. The van der Waals surface area contributed by atoms with Crippen molar-refractivity contribution in [2.24, 2.45) is 5.41 Å². The van der Waals surface area contributed by atoms with Gasteiger partial charge in [-0.25, -0.2) is 23.6 Å². The quantitative estimate of drug-likeness (QED) is 0.0229. The van der Waals surface area contributed by atoms with Crippen LogP contribution >= 0.6 is 33.9 Å². The Morgan fingerprint density at radius 3 is 2.30 bits per heavy atom. The third-order valence-corrected chi connectivity index (χ3v) is 12.9. The molecule has 13 nitrogen and oxygen atoms in total. The van der Waals surface area contributed by atoms with Gasteiger partial charge in [-0.1, -0.05) is 77.1 Å². The molecule has 0 bridgehead atoms. The number of carbonyl (C=O) groups excluding carboxylic acids is 4. The number of aryl methyl sites for hydroxylation is 1. The van der Waals surface area contributed by atoms with Crippen LogP contribution in [0.3, 0.4) is 0 Å². The zero-order valence-electron chi connectivity index (χ0n) is 37.9. The van der Waals surface area contributed by atoms with Gasteiger partial charge in [0.05, 0.1) is 45.7 Å². The van der Waals surface area contributed by atoms with Crippen molar-refractivity contribution in [3.05, 3.63) is 98.0 Å². The average Bonchev–Trinajstić information content (AvgIpc) is 3.90. The Hall–Kier alpha value is -4.63. The molecule has 5 rings (SSSR count). The summed E-state index contributed by atoms with van der Waals surface area (Å²) in [6.45, 7) is 9.50. The fraction of sp³-hybridized carbons (Fsp3) is 0.479. The number of hydrogen-bond donors (Lipinski definition) is 6. The third kappa shape index (κ3) is 15.5. The second-order valence-corrected chi connectivity index (χ2v) is 19.7. The van der Waals surface area contributed by atoms with Crippen LogP contribution in [0.2, 0.25) is 0 Å². The summed E-state index contributed by atoms with van der Waals surface area (Å²) >= 11 is 3.49. The minimum atomic E-state index is -1.32. The van der Waals surface area contributed by atoms with Gasteiger partial charge in [0.1, 0.15) is 17.9 Å². The molecule has 4 amide bonds. The fourth-order valence-corrected chi connectivity index (χ4v) is 8.85. The molecule has 1 aromatic heterocycles. The Bertz CT molecular complexity index is 2260. The number of β-amino-alcohol motifs (C(OH)–C–C–N with tert-alkyl or cyclic N) is 1. The first-order chi connectivity index (χ1) is 31.5. The number of thiazole rings is 1. The van der Waals surface area contributed by atoms with Gasteiger partial charge in [0, 0.05) is 29.5 Å². The lowest BCUT2D eigenvalue weighted by Crippen LogP contribution is -2.57. The summed E-state index contributed by atoms with van der Waals surface area (Å²) in [4.78, 5) is 65.3. The van der Waals surface area contributed by atoms with Crippen molar-refractivity contribution in [3.63, 3.8) is 0 Å². The van der Waals surface area contributed by atoms with E-state index >= 15 is 0 Å². The normalized spacial score (nSPS) is 15.4. The number of benzene rings is 3. The number of nitrogens with zero attached hydrogens (tertiary/aromatic N) is 2. The topological polar surface area (TPSA) is 174 Å². The largest absolute Gasteiger partial charge is 0.391 e. The molecular weight excluding hydrogens is 987 g/mol. The number of unbranched alkanes of at least 4 members (excludes halogenated alkanes) is 6. The Balaban J connectivity index is 0.914. The SMILES string of the molecule is Cc1ncsc1-c1ccc(CNC(=O)[C@@H]2C[C@@H](O)CN2C(=O)[C@@H](NC(=O)CCCCCCCCCNCCCONC(=O)c2ccc(F)c(F)c2Nc2ccc(I)cc2F)C(C)(C)C)cc1. The van der Waals surface area contributed by atoms with Gasteiger partial charge < -0.3 is 31.3 Å². The Morgan fingerprint density at radius 1 is 0.924 bits per heavy atom. The maximum atomic E-state index is 14.7. The standard InChI is InChI=1S/C48H61F3IN7O6S/c1-30-43(66-29-55-30)32-16-14-31(15-17-32)27-54-46(63)39-26-34(60)28-59(39)47(64)44(48(2,3)4)57-40(61)13-10-8-6-5-7-9-11-22-53-23-12-24-65-58-45(62)35-19-20-36(49)41(51)42(35)56-38-21-18-33(52)25-37(38)50/h14-21,25,29,34,39,44,53,56,60H,5-13,22-24,26-28H2,1-4H3,(H,54,63)(H,57,61)(H,58,62)/t34-,39+,44-/m1/s1. The number of hydroxylamine groups is 1. The highest BCUT2D eigenvalue weighted by Gasteiger charge is 2.44. The van der Waals surface area contributed by atoms with Crippen LogP contribution in [0.4, 0.5) is 24.5 Å². The van der Waals surface area contributed by atoms with Crippen LogP contribution in [0, 0.1) is 33.4 Å². The van der Waals surface area contributed by atoms with Gasteiger partial charge in [-0.15, -0.1) is 11.3 Å². The number of aliphatic hydroxyl groups excluding tert-OH is 1. The lowest BCUT2D eigenvalue weighted by atomic mass is 9.85. The Morgan fingerprint density at radius 2 is 1.62 bits per heavy atom. The minimum Gasteiger partial charge on any atom is -0.391 e. The second-order valence-electron chi connectivity index (χ2n) is 17.6. The molecule has 2 heterocycles. The molecule has 1 aliphatic heterocycles. The van der Waals surface area contributed by atoms with Crippen molar-refractivity contribution in [1.82, 2.24) is 31.3 Å². The van der Waals surface area contributed by atoms with E-state index in [0.717, 1.165) is 78.9 Å². The maximum Gasteiger partial charge on any atom is 0.277 e. The van der Waals surface area contributed by atoms with Crippen molar-refractivity contribution in [3.8, 4) is 10.4 Å². The molecule has 0 saturated carbocycles. The highest BCUT2D eigenvalue weighted by Crippen LogP contribution is 2.30. The summed E-state index contributed by atoms with van der Waals surface area (Å²) in [5.41, 5.74) is 5.47. The smallest absolute Gasteiger partial charge is 0.277 e. The van der Waals surface area contributed by atoms with Crippen LogP contribution in [0.1, 0.15) is 107 Å². The molecule has 3 aromatic carbocycles. The third-order valence-electron chi connectivity index (χ3n) is 11.3. The average molecular weight is 1050 g/mol. The number of rotatable bonds is 24. The summed E-state index contributed by atoms with van der Waals surface area (Å²) in [6.07, 6.45) is 6.79. The van der Waals surface area contributed by atoms with Crippen molar-refractivity contribution >= 4 is 68.9 Å². The van der Waals surface area contributed by atoms with E-state index in [1.807, 2.05) is 80.1 Å². The summed E-state index contributed by atoms with van der Waals surface area (Å²) in [6, 6.07) is 12.2. The van der Waals surface area contributed by atoms with Gasteiger partial charge in [-0.05, 0) is 109 Å². The zero-order valence-corrected chi connectivity index (χ0v) is 40.9. The molecule has 0 unspecified atom stereocenters. The maximum absolute atomic E-state index is 14.7. The zero-order chi connectivity index (χ0) is 47.8. The molecule has 358 valence electrons. The van der Waals surface area contributed by atoms with E-state index in [2.05, 4.69) is 31.7 Å². The Labute approximate surface area is 402 Å². The van der Waals surface area contributed by atoms with Crippen LogP contribution in [0.25, 0.3) is 10.4 Å². The van der Waals surface area contributed by atoms with E-state index in [1.54, 1.807) is 17.4 Å². The highest BCUT2D eigenvalue weighted by atomic mass is 127. The van der Waals surface area contributed by atoms with Gasteiger partial charge in [0.15, 0.2) is 11.6 Å². The molecule has 0 aliphatic carbocycles. The summed E-state index contributed by atoms with van der Waals surface area (Å²) < 4.78 is 43.6. The number of aliphatic hydroxyl groups is 1. The molecule has 6 N–H and O–H groups in total. The minimum absolute atomic E-state index is 0.0152. The van der Waals surface area contributed by atoms with Gasteiger partial charge in [0.25, 0.3) is 5.91 Å². The Kier molecular flexibility index (Phi) is 20.2. The fourth-order valence-electron chi connectivity index (χ4n) is 7.59. The number of aromatic nitrogens is 1. The predicted octanol–water partition coefficient (Wildman–Crippen LogP) is 8.46. The van der Waals surface area contributed by atoms with Crippen LogP contribution in [0.15, 0.2) is 60.1 Å². The molecule has 1 aliphatic rings. The molecule has 1 fully saturated rings. The first kappa shape index (κ1) is 52.3. The van der Waals surface area contributed by atoms with E-state index in [4.69, 9.17) is 4.84 Å². The van der Waals surface area contributed by atoms with Gasteiger partial charge in [-0.2, -0.15) is 0 Å². The van der Waals surface area contributed by atoms with Gasteiger partial charge in [-0.3, -0.25) is 24.0 Å². The number of nitrogens with one attached hydrogen (secondary N) is 5. The van der Waals surface area contributed by atoms with Gasteiger partial charge in [0.2, 0.25) is 17.7 Å². The summed E-state index contributed by atoms with van der Waals surface area (Å²) in [7, 11) is 0. The van der Waals surface area contributed by atoms with Crippen LogP contribution in [-0.4, -0.2) is 83.0 Å². The summed E-state index contributed by atoms with van der Waals surface area (Å²) in [5.74, 6) is -4.95. The number of carbonyl (C=O) groups is 4.